The Morgan fingerprint density at radius 1 is 1.50 bits per heavy atom. The van der Waals surface area contributed by atoms with E-state index >= 15 is 0 Å². The molecule has 2 heterocycles. The minimum atomic E-state index is -3.39. The molecule has 120 valence electrons. The smallest absolute Gasteiger partial charge is 0.410 e. The summed E-state index contributed by atoms with van der Waals surface area (Å²) in [6.45, 7) is 3.77. The normalized spacial score (nSPS) is 16.9. The lowest BCUT2D eigenvalue weighted by Gasteiger charge is -2.34. The molecule has 0 bridgehead atoms. The molecule has 22 heavy (non-hydrogen) atoms. The van der Waals surface area contributed by atoms with Gasteiger partial charge in [0, 0.05) is 11.6 Å². The number of amides is 1. The topological polar surface area (TPSA) is 85.6 Å². The van der Waals surface area contributed by atoms with Crippen LogP contribution in [0.15, 0.2) is 12.3 Å². The summed E-state index contributed by atoms with van der Waals surface area (Å²) in [6.07, 6.45) is -0.111. The van der Waals surface area contributed by atoms with E-state index in [4.69, 9.17) is 4.74 Å². The van der Waals surface area contributed by atoms with E-state index < -0.39 is 40.5 Å². The number of fused-ring (bicyclic) bond motifs is 1. The van der Waals surface area contributed by atoms with Crippen molar-refractivity contribution in [2.75, 3.05) is 6.54 Å². The highest BCUT2D eigenvalue weighted by molar-refractivity contribution is 5.69. The maximum absolute atomic E-state index is 14.1. The monoisotopic (exact) mass is 315 g/mol. The van der Waals surface area contributed by atoms with Gasteiger partial charge in [-0.3, -0.25) is 15.0 Å². The van der Waals surface area contributed by atoms with Crippen molar-refractivity contribution in [1.29, 1.82) is 0 Å². The van der Waals surface area contributed by atoms with Gasteiger partial charge in [-0.15, -0.1) is 0 Å². The number of pyridine rings is 1. The molecule has 1 aromatic heterocycles. The average molecular weight is 315 g/mol. The van der Waals surface area contributed by atoms with Crippen LogP contribution >= 0.6 is 0 Å². The fourth-order valence-electron chi connectivity index (χ4n) is 2.08. The summed E-state index contributed by atoms with van der Waals surface area (Å²) in [6, 6.07) is 1.01. The quantitative estimate of drug-likeness (QED) is 0.587. The second-order valence-corrected chi connectivity index (χ2v) is 6.00. The predicted molar refractivity (Wildman–Crippen MR) is 71.4 cm³/mol. The third-order valence-electron chi connectivity index (χ3n) is 2.91. The summed E-state index contributed by atoms with van der Waals surface area (Å²) >= 11 is 0. The third kappa shape index (κ3) is 3.29. The lowest BCUT2D eigenvalue weighted by Crippen LogP contribution is -2.46. The first-order valence-electron chi connectivity index (χ1n) is 6.49. The Balaban J connectivity index is 2.33. The molecule has 1 aliphatic heterocycles. The van der Waals surface area contributed by atoms with E-state index in [0.29, 0.717) is 0 Å². The summed E-state index contributed by atoms with van der Waals surface area (Å²) < 4.78 is 33.2. The first-order chi connectivity index (χ1) is 9.99. The largest absolute Gasteiger partial charge is 0.444 e. The Bertz CT molecular complexity index is 628. The van der Waals surface area contributed by atoms with Gasteiger partial charge in [0.05, 0.1) is 18.0 Å². The standard InChI is InChI=1S/C13H15F2N3O4/c1-12(2,3)22-11(19)17-6-8-4-9(18(20)21)5-16-10(8)13(14,15)7-17/h4-5H,6-7H2,1-3H3. The molecule has 0 saturated carbocycles. The van der Waals surface area contributed by atoms with Crippen molar-refractivity contribution < 1.29 is 23.2 Å². The van der Waals surface area contributed by atoms with Crippen molar-refractivity contribution in [2.45, 2.75) is 38.8 Å². The average Bonchev–Trinajstić information content (AvgIpc) is 2.35. The molecular weight excluding hydrogens is 300 g/mol. The molecule has 0 radical (unpaired) electrons. The van der Waals surface area contributed by atoms with Gasteiger partial charge in [-0.05, 0) is 20.8 Å². The molecule has 1 aromatic rings. The first kappa shape index (κ1) is 16.1. The number of hydrogen-bond donors (Lipinski definition) is 0. The van der Waals surface area contributed by atoms with Crippen LogP contribution < -0.4 is 0 Å². The number of aromatic nitrogens is 1. The van der Waals surface area contributed by atoms with E-state index in [1.807, 2.05) is 0 Å². The number of hydrogen-bond acceptors (Lipinski definition) is 5. The fourth-order valence-corrected chi connectivity index (χ4v) is 2.08. The van der Waals surface area contributed by atoms with E-state index in [-0.39, 0.29) is 12.1 Å². The minimum absolute atomic E-state index is 0.0590. The Labute approximate surface area is 125 Å². The van der Waals surface area contributed by atoms with Gasteiger partial charge in [0.25, 0.3) is 5.69 Å². The molecule has 7 nitrogen and oxygen atoms in total. The summed E-state index contributed by atoms with van der Waals surface area (Å²) in [5.74, 6) is -3.39. The van der Waals surface area contributed by atoms with E-state index in [2.05, 4.69) is 4.98 Å². The van der Waals surface area contributed by atoms with Crippen molar-refractivity contribution in [2.24, 2.45) is 0 Å². The summed E-state index contributed by atoms with van der Waals surface area (Å²) in [7, 11) is 0. The lowest BCUT2D eigenvalue weighted by molar-refractivity contribution is -0.385. The fraction of sp³-hybridized carbons (Fsp3) is 0.538. The first-order valence-corrected chi connectivity index (χ1v) is 6.49. The maximum Gasteiger partial charge on any atom is 0.410 e. The van der Waals surface area contributed by atoms with Gasteiger partial charge in [-0.25, -0.2) is 9.78 Å². The molecule has 1 amide bonds. The third-order valence-corrected chi connectivity index (χ3v) is 2.91. The highest BCUT2D eigenvalue weighted by atomic mass is 19.3. The van der Waals surface area contributed by atoms with Crippen molar-refractivity contribution in [3.05, 3.63) is 33.6 Å². The molecular formula is C13H15F2N3O4. The molecule has 2 rings (SSSR count). The van der Waals surface area contributed by atoms with E-state index in [0.717, 1.165) is 17.2 Å². The van der Waals surface area contributed by atoms with Crippen LogP contribution in [0.5, 0.6) is 0 Å². The highest BCUT2D eigenvalue weighted by Gasteiger charge is 2.44. The van der Waals surface area contributed by atoms with Gasteiger partial charge < -0.3 is 4.74 Å². The highest BCUT2D eigenvalue weighted by Crippen LogP contribution is 2.36. The summed E-state index contributed by atoms with van der Waals surface area (Å²) in [5.41, 5.74) is -1.83. The lowest BCUT2D eigenvalue weighted by atomic mass is 10.0. The Morgan fingerprint density at radius 2 is 2.14 bits per heavy atom. The number of ether oxygens (including phenoxy) is 1. The van der Waals surface area contributed by atoms with Crippen LogP contribution in [-0.4, -0.2) is 33.0 Å². The number of nitro groups is 1. The number of rotatable bonds is 1. The van der Waals surface area contributed by atoms with E-state index in [1.54, 1.807) is 20.8 Å². The van der Waals surface area contributed by atoms with Crippen LogP contribution in [-0.2, 0) is 17.2 Å². The molecule has 0 aliphatic carbocycles. The van der Waals surface area contributed by atoms with E-state index in [1.165, 1.54) is 0 Å². The number of alkyl halides is 2. The molecule has 0 fully saturated rings. The maximum atomic E-state index is 14.1. The minimum Gasteiger partial charge on any atom is -0.444 e. The molecule has 1 aliphatic rings. The molecule has 0 spiro atoms. The zero-order valence-corrected chi connectivity index (χ0v) is 12.3. The molecule has 0 unspecified atom stereocenters. The zero-order valence-electron chi connectivity index (χ0n) is 12.3. The Morgan fingerprint density at radius 3 is 2.68 bits per heavy atom. The zero-order chi connectivity index (χ0) is 16.7. The van der Waals surface area contributed by atoms with Crippen LogP contribution in [0.4, 0.5) is 19.3 Å². The van der Waals surface area contributed by atoms with Gasteiger partial charge in [-0.1, -0.05) is 0 Å². The molecule has 0 saturated heterocycles. The predicted octanol–water partition coefficient (Wildman–Crippen LogP) is 2.83. The second-order valence-electron chi connectivity index (χ2n) is 6.00. The van der Waals surface area contributed by atoms with E-state index in [9.17, 15) is 23.7 Å². The SMILES string of the molecule is CC(C)(C)OC(=O)N1Cc2cc([N+](=O)[O-])cnc2C(F)(F)C1. The van der Waals surface area contributed by atoms with Crippen LogP contribution in [0.1, 0.15) is 32.0 Å². The van der Waals surface area contributed by atoms with Crippen LogP contribution in [0.25, 0.3) is 0 Å². The number of halogens is 2. The van der Waals surface area contributed by atoms with Gasteiger partial charge in [-0.2, -0.15) is 8.78 Å². The van der Waals surface area contributed by atoms with Crippen LogP contribution in [0.3, 0.4) is 0 Å². The Kier molecular flexibility index (Phi) is 3.76. The van der Waals surface area contributed by atoms with Crippen molar-refractivity contribution in [3.8, 4) is 0 Å². The summed E-state index contributed by atoms with van der Waals surface area (Å²) in [4.78, 5) is 26.3. The molecule has 9 heteroatoms. The molecule has 0 N–H and O–H groups in total. The Hall–Kier alpha value is -2.32. The van der Waals surface area contributed by atoms with Gasteiger partial charge in [0.1, 0.15) is 17.5 Å². The second kappa shape index (κ2) is 5.15. The molecule has 0 atom stereocenters. The summed E-state index contributed by atoms with van der Waals surface area (Å²) in [5, 5.41) is 10.7. The number of carbonyl (C=O) groups excluding carboxylic acids is 1. The number of carbonyl (C=O) groups is 1. The van der Waals surface area contributed by atoms with Crippen molar-refractivity contribution in [3.63, 3.8) is 0 Å². The van der Waals surface area contributed by atoms with Crippen LogP contribution in [0.2, 0.25) is 0 Å². The molecule has 0 aromatic carbocycles. The number of nitrogens with zero attached hydrogens (tertiary/aromatic N) is 3. The van der Waals surface area contributed by atoms with Crippen molar-refractivity contribution >= 4 is 11.8 Å². The van der Waals surface area contributed by atoms with Gasteiger partial charge in [0.2, 0.25) is 0 Å². The van der Waals surface area contributed by atoms with Gasteiger partial charge >= 0.3 is 12.0 Å². The van der Waals surface area contributed by atoms with Crippen molar-refractivity contribution in [1.82, 2.24) is 9.88 Å². The van der Waals surface area contributed by atoms with Gasteiger partial charge in [0.15, 0.2) is 0 Å². The van der Waals surface area contributed by atoms with Crippen LogP contribution in [0, 0.1) is 10.1 Å².